The van der Waals surface area contributed by atoms with E-state index >= 15 is 0 Å². The number of piperidine rings is 1. The van der Waals surface area contributed by atoms with Crippen LogP contribution < -0.4 is 26.2 Å². The number of nitrogens with one attached hydrogen (secondary N) is 4. The number of aromatic nitrogens is 3. The maximum Gasteiger partial charge on any atom is 0.256 e. The van der Waals surface area contributed by atoms with Gasteiger partial charge >= 0.3 is 0 Å². The van der Waals surface area contributed by atoms with Gasteiger partial charge in [0, 0.05) is 74.9 Å². The number of piperazine rings is 1. The first-order valence-corrected chi connectivity index (χ1v) is 18.7. The van der Waals surface area contributed by atoms with Crippen molar-refractivity contribution in [2.45, 2.75) is 57.3 Å². The Balaban J connectivity index is 0.936. The molecular formula is C41H47N9O3. The largest absolute Gasteiger partial charge is 0.369 e. The van der Waals surface area contributed by atoms with E-state index in [0.29, 0.717) is 48.5 Å². The lowest BCUT2D eigenvalue weighted by molar-refractivity contribution is -0.134. The zero-order valence-corrected chi connectivity index (χ0v) is 30.2. The van der Waals surface area contributed by atoms with Crippen molar-refractivity contribution >= 4 is 46.7 Å². The van der Waals surface area contributed by atoms with E-state index in [1.807, 2.05) is 30.3 Å². The molecule has 3 amide bonds. The van der Waals surface area contributed by atoms with Crippen LogP contribution in [0.3, 0.4) is 0 Å². The van der Waals surface area contributed by atoms with Gasteiger partial charge in [-0.05, 0) is 79.1 Å². The summed E-state index contributed by atoms with van der Waals surface area (Å²) >= 11 is 0. The summed E-state index contributed by atoms with van der Waals surface area (Å²) in [5.41, 5.74) is 6.95. The molecule has 3 aliphatic rings. The molecule has 274 valence electrons. The van der Waals surface area contributed by atoms with Crippen LogP contribution in [0.5, 0.6) is 0 Å². The molecule has 0 bridgehead atoms. The Morgan fingerprint density at radius 1 is 0.943 bits per heavy atom. The molecule has 0 saturated carbocycles. The van der Waals surface area contributed by atoms with Crippen LogP contribution in [0, 0.1) is 0 Å². The second-order valence-corrected chi connectivity index (χ2v) is 14.0. The second-order valence-electron chi connectivity index (χ2n) is 14.0. The van der Waals surface area contributed by atoms with Crippen LogP contribution in [-0.4, -0.2) is 76.8 Å². The first-order valence-electron chi connectivity index (χ1n) is 18.7. The quantitative estimate of drug-likeness (QED) is 0.102. The lowest BCUT2D eigenvalue weighted by Gasteiger charge is -2.36. The molecule has 0 spiro atoms. The lowest BCUT2D eigenvalue weighted by Crippen LogP contribution is -2.47. The zero-order chi connectivity index (χ0) is 36.7. The average Bonchev–Trinajstić information content (AvgIpc) is 3.59. The highest BCUT2D eigenvalue weighted by molar-refractivity contribution is 6.01. The molecule has 1 aliphatic carbocycles. The molecule has 4 heterocycles. The van der Waals surface area contributed by atoms with Crippen molar-refractivity contribution in [3.63, 3.8) is 0 Å². The predicted molar refractivity (Wildman–Crippen MR) is 207 cm³/mol. The molecule has 2 aromatic heterocycles. The number of hydrogen-bond acceptors (Lipinski definition) is 10. The van der Waals surface area contributed by atoms with Crippen LogP contribution >= 0.6 is 0 Å². The van der Waals surface area contributed by atoms with Crippen molar-refractivity contribution in [3.05, 3.63) is 107 Å². The summed E-state index contributed by atoms with van der Waals surface area (Å²) in [5.74, 6) is 0.918. The number of imide groups is 1. The summed E-state index contributed by atoms with van der Waals surface area (Å²) in [6, 6.07) is 20.6. The molecule has 2 fully saturated rings. The van der Waals surface area contributed by atoms with Crippen molar-refractivity contribution in [3.8, 4) is 0 Å². The normalized spacial score (nSPS) is 18.6. The van der Waals surface area contributed by atoms with E-state index in [2.05, 4.69) is 79.9 Å². The Hall–Kier alpha value is -5.62. The fourth-order valence-electron chi connectivity index (χ4n) is 7.42. The molecule has 12 nitrogen and oxygen atoms in total. The van der Waals surface area contributed by atoms with Gasteiger partial charge < -0.3 is 20.9 Å². The van der Waals surface area contributed by atoms with E-state index in [1.165, 1.54) is 17.3 Å². The van der Waals surface area contributed by atoms with Gasteiger partial charge in [-0.3, -0.25) is 24.6 Å². The van der Waals surface area contributed by atoms with Gasteiger partial charge in [-0.2, -0.15) is 4.98 Å². The monoisotopic (exact) mass is 713 g/mol. The number of carbonyl (C=O) groups is 3. The molecule has 2 unspecified atom stereocenters. The maximum absolute atomic E-state index is 13.0. The Bertz CT molecular complexity index is 1960. The molecule has 0 radical (unpaired) electrons. The number of aryl methyl sites for hydroxylation is 1. The van der Waals surface area contributed by atoms with E-state index < -0.39 is 0 Å². The number of fused-ring (bicyclic) bond motifs is 1. The van der Waals surface area contributed by atoms with Crippen molar-refractivity contribution in [1.82, 2.24) is 30.5 Å². The number of amides is 3. The Morgan fingerprint density at radius 2 is 1.74 bits per heavy atom. The Labute approximate surface area is 310 Å². The zero-order valence-electron chi connectivity index (χ0n) is 30.2. The minimum absolute atomic E-state index is 0.186. The molecule has 2 atom stereocenters. The predicted octanol–water partition coefficient (Wildman–Crippen LogP) is 5.60. The second kappa shape index (κ2) is 16.4. The highest BCUT2D eigenvalue weighted by Gasteiger charge is 2.28. The van der Waals surface area contributed by atoms with Crippen LogP contribution in [-0.2, 0) is 22.4 Å². The van der Waals surface area contributed by atoms with Gasteiger partial charge in [0.25, 0.3) is 5.91 Å². The minimum atomic E-state index is -0.295. The first kappa shape index (κ1) is 35.8. The molecule has 7 rings (SSSR count). The number of rotatable bonds is 13. The molecule has 4 aromatic rings. The summed E-state index contributed by atoms with van der Waals surface area (Å²) in [5, 5.41) is 11.9. The first-order chi connectivity index (χ1) is 25.9. The van der Waals surface area contributed by atoms with Crippen molar-refractivity contribution < 1.29 is 14.4 Å². The third kappa shape index (κ3) is 8.55. The topological polar surface area (TPSA) is 144 Å². The summed E-state index contributed by atoms with van der Waals surface area (Å²) in [7, 11) is 0. The van der Waals surface area contributed by atoms with Gasteiger partial charge in [-0.1, -0.05) is 43.3 Å². The van der Waals surface area contributed by atoms with E-state index in [0.717, 1.165) is 81.0 Å². The van der Waals surface area contributed by atoms with Gasteiger partial charge in [0.15, 0.2) is 0 Å². The van der Waals surface area contributed by atoms with Crippen molar-refractivity contribution in [2.75, 3.05) is 54.8 Å². The maximum atomic E-state index is 13.0. The minimum Gasteiger partial charge on any atom is -0.369 e. The van der Waals surface area contributed by atoms with E-state index in [1.54, 1.807) is 6.08 Å². The highest BCUT2D eigenvalue weighted by Crippen LogP contribution is 2.35. The number of pyridine rings is 1. The van der Waals surface area contributed by atoms with Crippen LogP contribution in [0.1, 0.15) is 77.2 Å². The summed E-state index contributed by atoms with van der Waals surface area (Å²) in [4.78, 5) is 55.7. The number of nitrogens with zero attached hydrogens (tertiary/aromatic N) is 5. The van der Waals surface area contributed by atoms with Crippen LogP contribution in [0.15, 0.2) is 79.5 Å². The van der Waals surface area contributed by atoms with Gasteiger partial charge in [-0.25, -0.2) is 9.97 Å². The average molecular weight is 714 g/mol. The van der Waals surface area contributed by atoms with E-state index in [9.17, 15) is 14.4 Å². The lowest BCUT2D eigenvalue weighted by atomic mass is 9.90. The summed E-state index contributed by atoms with van der Waals surface area (Å²) < 4.78 is 0. The number of carbonyl (C=O) groups excluding carboxylic acids is 3. The smallest absolute Gasteiger partial charge is 0.256 e. The van der Waals surface area contributed by atoms with E-state index in [-0.39, 0.29) is 23.6 Å². The molecule has 2 aromatic carbocycles. The van der Waals surface area contributed by atoms with Gasteiger partial charge in [0.1, 0.15) is 17.2 Å². The van der Waals surface area contributed by atoms with Gasteiger partial charge in [0.05, 0.1) is 5.92 Å². The SMILES string of the molecule is C=CCNC(=O)c1cnc(Nc2ccc(N3CCN(CCc4ccc(C5CCC(=O)NC5=O)cc4)CC3)cc2)nc1Nc1ccc2c(n1)C(CC)CC2. The van der Waals surface area contributed by atoms with Gasteiger partial charge in [-0.15, -0.1) is 6.58 Å². The Kier molecular flexibility index (Phi) is 11.0. The summed E-state index contributed by atoms with van der Waals surface area (Å²) in [6.07, 6.45) is 8.27. The third-order valence-electron chi connectivity index (χ3n) is 10.5. The number of anilines is 5. The highest BCUT2D eigenvalue weighted by atomic mass is 16.2. The fourth-order valence-corrected chi connectivity index (χ4v) is 7.42. The van der Waals surface area contributed by atoms with E-state index in [4.69, 9.17) is 9.97 Å². The molecule has 4 N–H and O–H groups in total. The summed E-state index contributed by atoms with van der Waals surface area (Å²) in [6.45, 7) is 11.0. The molecule has 12 heteroatoms. The molecular weight excluding hydrogens is 667 g/mol. The van der Waals surface area contributed by atoms with Crippen LogP contribution in [0.4, 0.5) is 29.0 Å². The standard InChI is InChI=1S/C41H47N9O3/c1-3-20-42-39(52)34-26-43-41(48-38(34)46-35-17-11-30-10-9-28(4-2)37(30)45-35)44-31-12-14-32(15-13-31)50-24-22-49(23-25-50)21-19-27-5-7-29(8-6-27)33-16-18-36(51)47-40(33)53/h3,5-8,11-15,17,26,28,33H,1,4,9-10,16,18-25H2,2H3,(H,42,52)(H,47,51,53)(H2,43,44,45,46,48). The van der Waals surface area contributed by atoms with Crippen LogP contribution in [0.25, 0.3) is 0 Å². The fraction of sp³-hybridized carbons (Fsp3) is 0.366. The van der Waals surface area contributed by atoms with Crippen molar-refractivity contribution in [1.29, 1.82) is 0 Å². The third-order valence-corrected chi connectivity index (χ3v) is 10.5. The van der Waals surface area contributed by atoms with Crippen molar-refractivity contribution in [2.24, 2.45) is 0 Å². The molecule has 2 saturated heterocycles. The Morgan fingerprint density at radius 3 is 2.47 bits per heavy atom. The number of hydrogen-bond donors (Lipinski definition) is 4. The molecule has 2 aliphatic heterocycles. The molecule has 53 heavy (non-hydrogen) atoms. The van der Waals surface area contributed by atoms with Gasteiger partial charge in [0.2, 0.25) is 17.8 Å². The number of benzene rings is 2. The van der Waals surface area contributed by atoms with Crippen LogP contribution in [0.2, 0.25) is 0 Å².